The number of hydrogen-bond donors (Lipinski definition) is 0. The zero-order valence-corrected chi connectivity index (χ0v) is 20.7. The molecule has 4 rings (SSSR count). The van der Waals surface area contributed by atoms with Gasteiger partial charge in [-0.3, -0.25) is 9.59 Å². The van der Waals surface area contributed by atoms with Gasteiger partial charge >= 0.3 is 0 Å². The molecule has 2 unspecified atom stereocenters. The van der Waals surface area contributed by atoms with Crippen LogP contribution in [0.2, 0.25) is 0 Å². The Balaban J connectivity index is 2.09. The Labute approximate surface area is 200 Å². The molecule has 0 radical (unpaired) electrons. The molecule has 2 aromatic carbocycles. The van der Waals surface area contributed by atoms with Crippen LogP contribution < -0.4 is 0 Å². The summed E-state index contributed by atoms with van der Waals surface area (Å²) in [6, 6.07) is 14.4. The molecule has 2 aliphatic carbocycles. The molecular weight excluding hydrogens is 428 g/mol. The van der Waals surface area contributed by atoms with E-state index in [2.05, 4.69) is 0 Å². The summed E-state index contributed by atoms with van der Waals surface area (Å²) in [6.45, 7) is 10.5. The molecule has 0 saturated heterocycles. The van der Waals surface area contributed by atoms with Crippen LogP contribution in [0, 0.1) is 21.2 Å². The Kier molecular flexibility index (Phi) is 5.35. The van der Waals surface area contributed by atoms with Crippen molar-refractivity contribution in [1.29, 1.82) is 0 Å². The molecule has 0 aromatic heterocycles. The number of carbonyl (C=O) groups is 2. The smallest absolute Gasteiger partial charge is 0.181 e. The minimum absolute atomic E-state index is 0.172. The maximum absolute atomic E-state index is 14.2. The number of Topliss-reactive ketones (excluding diaryl/α,β-unsaturated/α-hetero) is 2. The van der Waals surface area contributed by atoms with Gasteiger partial charge in [0.25, 0.3) is 0 Å². The Bertz CT molecular complexity index is 1150. The highest BCUT2D eigenvalue weighted by molar-refractivity contribution is 6.24. The standard InChI is InChI=1S/C28H32N2O4/c1-25(2,3)29(33)17-27(15-19-11-7-9-13-21(19)23(27)31)28(18-30(34)26(4,5)6)16-20-12-8-10-14-22(20)24(28)32/h7-14,17-18H,15-16H2,1-6H3/b29-17-,30-18-. The van der Waals surface area contributed by atoms with E-state index < -0.39 is 21.9 Å². The summed E-state index contributed by atoms with van der Waals surface area (Å²) >= 11 is 0. The lowest BCUT2D eigenvalue weighted by Crippen LogP contribution is -2.56. The van der Waals surface area contributed by atoms with Gasteiger partial charge in [-0.25, -0.2) is 9.48 Å². The van der Waals surface area contributed by atoms with Gasteiger partial charge in [-0.1, -0.05) is 48.5 Å². The predicted octanol–water partition coefficient (Wildman–Crippen LogP) is 4.60. The van der Waals surface area contributed by atoms with E-state index in [1.54, 1.807) is 65.8 Å². The van der Waals surface area contributed by atoms with E-state index in [-0.39, 0.29) is 24.4 Å². The lowest BCUT2D eigenvalue weighted by molar-refractivity contribution is -0.537. The minimum Gasteiger partial charge on any atom is -0.624 e. The van der Waals surface area contributed by atoms with E-state index in [4.69, 9.17) is 0 Å². The maximum Gasteiger partial charge on any atom is 0.181 e. The van der Waals surface area contributed by atoms with Crippen LogP contribution >= 0.6 is 0 Å². The molecule has 0 aliphatic heterocycles. The highest BCUT2D eigenvalue weighted by atomic mass is 16.5. The normalized spacial score (nSPS) is 25.5. The SMILES string of the molecule is CC(C)(C)/[N+]([O-])=C/C1(C2(/C=[N+](\[O-])C(C)(C)C)Cc3ccccc3C2=O)Cc2ccccc2C1=O. The first kappa shape index (κ1) is 23.9. The van der Waals surface area contributed by atoms with Crippen molar-refractivity contribution in [3.05, 3.63) is 81.2 Å². The van der Waals surface area contributed by atoms with Crippen LogP contribution in [0.25, 0.3) is 0 Å². The topological polar surface area (TPSA) is 86.3 Å². The molecule has 34 heavy (non-hydrogen) atoms. The van der Waals surface area contributed by atoms with E-state index in [0.717, 1.165) is 20.6 Å². The third kappa shape index (κ3) is 3.47. The van der Waals surface area contributed by atoms with Crippen LogP contribution in [0.4, 0.5) is 0 Å². The lowest BCUT2D eigenvalue weighted by Gasteiger charge is -2.38. The van der Waals surface area contributed by atoms with Crippen molar-refractivity contribution in [3.8, 4) is 0 Å². The van der Waals surface area contributed by atoms with Crippen molar-refractivity contribution in [1.82, 2.24) is 0 Å². The van der Waals surface area contributed by atoms with Gasteiger partial charge in [-0.15, -0.1) is 0 Å². The first-order valence-electron chi connectivity index (χ1n) is 11.6. The van der Waals surface area contributed by atoms with Crippen LogP contribution in [-0.2, 0) is 12.8 Å². The summed E-state index contributed by atoms with van der Waals surface area (Å²) in [6.07, 6.45) is 3.11. The van der Waals surface area contributed by atoms with Crippen molar-refractivity contribution in [3.63, 3.8) is 0 Å². The van der Waals surface area contributed by atoms with Crippen LogP contribution in [0.15, 0.2) is 48.5 Å². The number of carbonyl (C=O) groups excluding carboxylic acids is 2. The Morgan fingerprint density at radius 1 is 0.676 bits per heavy atom. The molecule has 0 bridgehead atoms. The fourth-order valence-electron chi connectivity index (χ4n) is 4.98. The molecule has 0 saturated carbocycles. The van der Waals surface area contributed by atoms with Gasteiger partial charge in [0.1, 0.15) is 10.8 Å². The third-order valence-electron chi connectivity index (χ3n) is 7.07. The first-order valence-corrected chi connectivity index (χ1v) is 11.6. The number of ketones is 2. The number of hydroxylamine groups is 2. The summed E-state index contributed by atoms with van der Waals surface area (Å²) in [7, 11) is 0. The molecule has 6 nitrogen and oxygen atoms in total. The first-order chi connectivity index (χ1) is 15.7. The summed E-state index contributed by atoms with van der Waals surface area (Å²) in [5.41, 5.74) is -2.20. The van der Waals surface area contributed by atoms with Gasteiger partial charge in [-0.2, -0.15) is 0 Å². The Hall–Kier alpha value is -3.28. The van der Waals surface area contributed by atoms with Gasteiger partial charge in [0, 0.05) is 52.7 Å². The summed E-state index contributed by atoms with van der Waals surface area (Å²) in [5, 5.41) is 26.8. The molecule has 0 heterocycles. The van der Waals surface area contributed by atoms with Crippen molar-refractivity contribution in [2.24, 2.45) is 10.8 Å². The monoisotopic (exact) mass is 460 g/mol. The fourth-order valence-corrected chi connectivity index (χ4v) is 4.98. The average Bonchev–Trinajstić information content (AvgIpc) is 3.20. The van der Waals surface area contributed by atoms with Crippen molar-refractivity contribution >= 4 is 24.0 Å². The molecule has 0 spiro atoms. The molecule has 0 fully saturated rings. The van der Waals surface area contributed by atoms with E-state index in [9.17, 15) is 20.0 Å². The van der Waals surface area contributed by atoms with Crippen molar-refractivity contribution in [2.45, 2.75) is 65.5 Å². The number of fused-ring (bicyclic) bond motifs is 2. The van der Waals surface area contributed by atoms with Crippen molar-refractivity contribution in [2.75, 3.05) is 0 Å². The second-order valence-electron chi connectivity index (χ2n) is 11.5. The van der Waals surface area contributed by atoms with E-state index >= 15 is 0 Å². The number of hydrogen-bond acceptors (Lipinski definition) is 4. The summed E-state index contributed by atoms with van der Waals surface area (Å²) < 4.78 is 1.55. The molecule has 0 amide bonds. The average molecular weight is 461 g/mol. The number of nitrogens with zero attached hydrogens (tertiary/aromatic N) is 2. The molecule has 178 valence electrons. The van der Waals surface area contributed by atoms with E-state index in [1.165, 1.54) is 12.4 Å². The van der Waals surface area contributed by atoms with Crippen LogP contribution in [0.1, 0.15) is 73.4 Å². The minimum atomic E-state index is -1.53. The summed E-state index contributed by atoms with van der Waals surface area (Å²) in [4.78, 5) is 28.4. The molecule has 2 aliphatic rings. The van der Waals surface area contributed by atoms with Gasteiger partial charge < -0.3 is 10.4 Å². The molecule has 2 atom stereocenters. The van der Waals surface area contributed by atoms with Crippen LogP contribution in [-0.4, -0.2) is 44.6 Å². The van der Waals surface area contributed by atoms with E-state index in [1.807, 2.05) is 24.3 Å². The quantitative estimate of drug-likeness (QED) is 0.290. The fraction of sp³-hybridized carbons (Fsp3) is 0.429. The highest BCUT2D eigenvalue weighted by Gasteiger charge is 2.68. The third-order valence-corrected chi connectivity index (χ3v) is 7.07. The predicted molar refractivity (Wildman–Crippen MR) is 133 cm³/mol. The van der Waals surface area contributed by atoms with Crippen LogP contribution in [0.3, 0.4) is 0 Å². The zero-order chi connectivity index (χ0) is 25.1. The Morgan fingerprint density at radius 3 is 1.29 bits per heavy atom. The molecule has 0 N–H and O–H groups in total. The molecular formula is C28H32N2O4. The lowest BCUT2D eigenvalue weighted by atomic mass is 9.59. The van der Waals surface area contributed by atoms with Gasteiger partial charge in [0.05, 0.1) is 0 Å². The highest BCUT2D eigenvalue weighted by Crippen LogP contribution is 2.54. The maximum atomic E-state index is 14.2. The Morgan fingerprint density at radius 2 is 1.00 bits per heavy atom. The molecule has 6 heteroatoms. The second kappa shape index (κ2) is 7.62. The van der Waals surface area contributed by atoms with Crippen molar-refractivity contribution < 1.29 is 19.1 Å². The molecule has 2 aromatic rings. The van der Waals surface area contributed by atoms with Crippen LogP contribution in [0.5, 0.6) is 0 Å². The summed E-state index contributed by atoms with van der Waals surface area (Å²) in [5.74, 6) is -0.596. The zero-order valence-electron chi connectivity index (χ0n) is 20.7. The second-order valence-corrected chi connectivity index (χ2v) is 11.5. The largest absolute Gasteiger partial charge is 0.624 e. The number of rotatable bonds is 3. The van der Waals surface area contributed by atoms with Gasteiger partial charge in [0.15, 0.2) is 35.1 Å². The number of benzene rings is 2. The van der Waals surface area contributed by atoms with E-state index in [0.29, 0.717) is 11.1 Å². The van der Waals surface area contributed by atoms with Gasteiger partial charge in [0.2, 0.25) is 0 Å². The van der Waals surface area contributed by atoms with Gasteiger partial charge in [-0.05, 0) is 24.0 Å².